The van der Waals surface area contributed by atoms with Gasteiger partial charge in [0.25, 0.3) is 5.91 Å². The van der Waals surface area contributed by atoms with E-state index < -0.39 is 5.91 Å². The molecule has 9 heteroatoms. The van der Waals surface area contributed by atoms with Crippen molar-refractivity contribution >= 4 is 46.4 Å². The molecule has 7 nitrogen and oxygen atoms in total. The summed E-state index contributed by atoms with van der Waals surface area (Å²) in [5.41, 5.74) is 6.84. The van der Waals surface area contributed by atoms with Crippen LogP contribution < -0.4 is 11.1 Å². The molecule has 126 valence electrons. The molecule has 0 bridgehead atoms. The van der Waals surface area contributed by atoms with Crippen LogP contribution in [0.5, 0.6) is 0 Å². The minimum Gasteiger partial charge on any atom is -0.382 e. The molecule has 25 heavy (non-hydrogen) atoms. The van der Waals surface area contributed by atoms with E-state index in [4.69, 9.17) is 28.9 Å². The van der Waals surface area contributed by atoms with Gasteiger partial charge in [-0.3, -0.25) is 4.79 Å². The van der Waals surface area contributed by atoms with Gasteiger partial charge in [0, 0.05) is 5.02 Å². The Hall–Kier alpha value is -2.90. The number of amides is 1. The van der Waals surface area contributed by atoms with Crippen LogP contribution in [0.4, 0.5) is 11.5 Å². The minimum atomic E-state index is -0.474. The Bertz CT molecular complexity index is 955. The monoisotopic (exact) mass is 375 g/mol. The summed E-state index contributed by atoms with van der Waals surface area (Å²) in [5, 5.41) is 10.7. The lowest BCUT2D eigenvalue weighted by Crippen LogP contribution is -2.19. The van der Waals surface area contributed by atoms with Crippen LogP contribution in [0.1, 0.15) is 16.1 Å². The summed E-state index contributed by atoms with van der Waals surface area (Å²) >= 11 is 11.9. The van der Waals surface area contributed by atoms with E-state index in [1.165, 1.54) is 0 Å². The molecule has 0 spiro atoms. The molecule has 3 rings (SSSR count). The molecule has 3 aromatic rings. The van der Waals surface area contributed by atoms with E-state index in [0.29, 0.717) is 15.7 Å². The zero-order valence-corrected chi connectivity index (χ0v) is 14.1. The van der Waals surface area contributed by atoms with E-state index in [2.05, 4.69) is 25.3 Å². The van der Waals surface area contributed by atoms with Crippen LogP contribution in [0.25, 0.3) is 0 Å². The van der Waals surface area contributed by atoms with Crippen molar-refractivity contribution in [3.05, 3.63) is 69.8 Å². The summed E-state index contributed by atoms with van der Waals surface area (Å²) in [6.07, 6.45) is 0. The van der Waals surface area contributed by atoms with Crippen molar-refractivity contribution in [1.82, 2.24) is 10.3 Å². The lowest BCUT2D eigenvalue weighted by atomic mass is 10.2. The minimum absolute atomic E-state index is 0.0120. The topological polar surface area (TPSA) is 106 Å². The fraction of sp³-hybridized carbons (Fsp3) is 0. The van der Waals surface area contributed by atoms with Gasteiger partial charge in [0.1, 0.15) is 0 Å². The van der Waals surface area contributed by atoms with Crippen LogP contribution in [-0.4, -0.2) is 22.1 Å². The first-order valence-electron chi connectivity index (χ1n) is 7.03. The third-order valence-corrected chi connectivity index (χ3v) is 3.70. The van der Waals surface area contributed by atoms with E-state index in [0.717, 1.165) is 0 Å². The highest BCUT2D eigenvalue weighted by Crippen LogP contribution is 2.20. The molecule has 0 saturated heterocycles. The average molecular weight is 376 g/mol. The Labute approximate surface area is 152 Å². The van der Waals surface area contributed by atoms with E-state index >= 15 is 0 Å². The molecule has 0 aliphatic carbocycles. The molecule has 1 amide bonds. The summed E-state index contributed by atoms with van der Waals surface area (Å²) in [5.74, 6) is -0.427. The van der Waals surface area contributed by atoms with Crippen LogP contribution in [0.15, 0.2) is 58.2 Å². The second kappa shape index (κ2) is 7.33. The number of carbonyl (C=O) groups excluding carboxylic acids is 1. The summed E-state index contributed by atoms with van der Waals surface area (Å²) < 4.78 is 4.66. The molecule has 0 atom stereocenters. The number of rotatable bonds is 4. The van der Waals surface area contributed by atoms with Crippen LogP contribution in [0.3, 0.4) is 0 Å². The molecule has 0 fully saturated rings. The lowest BCUT2D eigenvalue weighted by molar-refractivity contribution is 0.102. The summed E-state index contributed by atoms with van der Waals surface area (Å²) in [4.78, 5) is 16.5. The number of anilines is 1. The van der Waals surface area contributed by atoms with Gasteiger partial charge in [-0.25, -0.2) is 9.62 Å². The predicted octanol–water partition coefficient (Wildman–Crippen LogP) is 3.67. The number of halogens is 2. The van der Waals surface area contributed by atoms with Gasteiger partial charge in [0.15, 0.2) is 11.5 Å². The fourth-order valence-corrected chi connectivity index (χ4v) is 2.40. The summed E-state index contributed by atoms with van der Waals surface area (Å²) in [6.45, 7) is 0. The maximum absolute atomic E-state index is 12.3. The fourth-order valence-electron chi connectivity index (χ4n) is 2.00. The standard InChI is InChI=1S/C16H11Cl2N5O2/c17-9-4-3-5-10(8-9)20-14(19)13-15(23-25-22-13)21-16(24)11-6-1-2-7-12(11)18/h1-8H,(H2,19,20)(H,21,23,24). The first kappa shape index (κ1) is 16.9. The molecular formula is C16H11Cl2N5O2. The third kappa shape index (κ3) is 3.96. The molecule has 0 aliphatic heterocycles. The first-order chi connectivity index (χ1) is 12.0. The van der Waals surface area contributed by atoms with Crippen LogP contribution in [-0.2, 0) is 0 Å². The van der Waals surface area contributed by atoms with Crippen LogP contribution >= 0.6 is 23.2 Å². The number of hydrogen-bond donors (Lipinski definition) is 2. The van der Waals surface area contributed by atoms with Crippen molar-refractivity contribution in [2.24, 2.45) is 10.7 Å². The number of carbonyl (C=O) groups is 1. The number of nitrogens with zero attached hydrogens (tertiary/aromatic N) is 3. The Morgan fingerprint density at radius 3 is 2.68 bits per heavy atom. The largest absolute Gasteiger partial charge is 0.382 e. The van der Waals surface area contributed by atoms with E-state index in [9.17, 15) is 4.79 Å². The zero-order chi connectivity index (χ0) is 17.8. The third-order valence-electron chi connectivity index (χ3n) is 3.14. The molecule has 0 aliphatic rings. The summed E-state index contributed by atoms with van der Waals surface area (Å²) in [7, 11) is 0. The molecule has 1 aromatic heterocycles. The number of aromatic nitrogens is 2. The van der Waals surface area contributed by atoms with Gasteiger partial charge in [0.2, 0.25) is 5.82 Å². The van der Waals surface area contributed by atoms with Crippen molar-refractivity contribution < 1.29 is 9.42 Å². The molecule has 2 aromatic carbocycles. The number of aliphatic imine (C=N–C) groups is 1. The Balaban J connectivity index is 1.85. The maximum Gasteiger partial charge on any atom is 0.258 e. The SMILES string of the molecule is NC(=Nc1cccc(Cl)c1)c1nonc1NC(=O)c1ccccc1Cl. The quantitative estimate of drug-likeness (QED) is 0.534. The van der Waals surface area contributed by atoms with Crippen LogP contribution in [0, 0.1) is 0 Å². The number of nitrogens with one attached hydrogen (secondary N) is 1. The van der Waals surface area contributed by atoms with Gasteiger partial charge in [-0.1, -0.05) is 41.4 Å². The first-order valence-corrected chi connectivity index (χ1v) is 7.78. The number of amidine groups is 1. The van der Waals surface area contributed by atoms with Gasteiger partial charge < -0.3 is 11.1 Å². The van der Waals surface area contributed by atoms with Gasteiger partial charge in [-0.2, -0.15) is 0 Å². The Morgan fingerprint density at radius 2 is 1.92 bits per heavy atom. The molecule has 3 N–H and O–H groups in total. The normalized spacial score (nSPS) is 11.4. The van der Waals surface area contributed by atoms with Gasteiger partial charge in [-0.15, -0.1) is 0 Å². The van der Waals surface area contributed by atoms with Crippen molar-refractivity contribution in [2.75, 3.05) is 5.32 Å². The molecule has 0 saturated carbocycles. The van der Waals surface area contributed by atoms with Crippen molar-refractivity contribution in [2.45, 2.75) is 0 Å². The van der Waals surface area contributed by atoms with Gasteiger partial charge in [-0.05, 0) is 40.6 Å². The van der Waals surface area contributed by atoms with Crippen LogP contribution in [0.2, 0.25) is 10.0 Å². The molecular weight excluding hydrogens is 365 g/mol. The lowest BCUT2D eigenvalue weighted by Gasteiger charge is -2.04. The zero-order valence-electron chi connectivity index (χ0n) is 12.6. The Morgan fingerprint density at radius 1 is 1.12 bits per heavy atom. The van der Waals surface area contributed by atoms with E-state index in [1.807, 2.05) is 0 Å². The maximum atomic E-state index is 12.3. The number of hydrogen-bond acceptors (Lipinski definition) is 5. The highest BCUT2D eigenvalue weighted by Gasteiger charge is 2.18. The van der Waals surface area contributed by atoms with Gasteiger partial charge >= 0.3 is 0 Å². The number of nitrogens with two attached hydrogens (primary N) is 1. The average Bonchev–Trinajstić information content (AvgIpc) is 3.03. The molecule has 1 heterocycles. The highest BCUT2D eigenvalue weighted by atomic mass is 35.5. The second-order valence-electron chi connectivity index (χ2n) is 4.87. The smallest absolute Gasteiger partial charge is 0.258 e. The van der Waals surface area contributed by atoms with Crippen molar-refractivity contribution in [1.29, 1.82) is 0 Å². The molecule has 0 radical (unpaired) electrons. The molecule has 0 unspecified atom stereocenters. The van der Waals surface area contributed by atoms with Crippen molar-refractivity contribution in [3.63, 3.8) is 0 Å². The van der Waals surface area contributed by atoms with Crippen molar-refractivity contribution in [3.8, 4) is 0 Å². The Kier molecular flexibility index (Phi) is 4.97. The second-order valence-corrected chi connectivity index (χ2v) is 5.72. The summed E-state index contributed by atoms with van der Waals surface area (Å²) in [6, 6.07) is 13.4. The number of benzene rings is 2. The van der Waals surface area contributed by atoms with Gasteiger partial charge in [0.05, 0.1) is 16.3 Å². The predicted molar refractivity (Wildman–Crippen MR) is 95.5 cm³/mol. The van der Waals surface area contributed by atoms with E-state index in [-0.39, 0.29) is 22.9 Å². The van der Waals surface area contributed by atoms with E-state index in [1.54, 1.807) is 48.5 Å². The highest BCUT2D eigenvalue weighted by molar-refractivity contribution is 6.34.